The Morgan fingerprint density at radius 3 is 2.38 bits per heavy atom. The number of benzene rings is 2. The summed E-state index contributed by atoms with van der Waals surface area (Å²) in [6.45, 7) is 2.81. The number of amides is 2. The molecule has 0 bridgehead atoms. The van der Waals surface area contributed by atoms with Gasteiger partial charge in [0, 0.05) is 12.0 Å². The first kappa shape index (κ1) is 22.4. The van der Waals surface area contributed by atoms with Crippen molar-refractivity contribution >= 4 is 29.1 Å². The van der Waals surface area contributed by atoms with Crippen molar-refractivity contribution < 1.29 is 14.3 Å². The van der Waals surface area contributed by atoms with Crippen LogP contribution in [0.15, 0.2) is 54.6 Å². The van der Waals surface area contributed by atoms with Crippen molar-refractivity contribution in [2.24, 2.45) is 0 Å². The number of hydrogen-bond acceptors (Lipinski definition) is 4. The molecule has 0 fully saturated rings. The van der Waals surface area contributed by atoms with E-state index in [2.05, 4.69) is 23.1 Å². The third-order valence-electron chi connectivity index (χ3n) is 4.16. The number of ether oxygens (including phenoxy) is 1. The van der Waals surface area contributed by atoms with Gasteiger partial charge >= 0.3 is 0 Å². The number of unbranched alkanes of at least 4 members (excludes halogenated alkanes) is 2. The summed E-state index contributed by atoms with van der Waals surface area (Å²) < 4.78 is 5.63. The second-order valence-electron chi connectivity index (χ2n) is 6.52. The number of thiocarbonyl (C=S) groups is 1. The third-order valence-corrected chi connectivity index (χ3v) is 4.36. The average molecular weight is 414 g/mol. The van der Waals surface area contributed by atoms with Gasteiger partial charge in [0.1, 0.15) is 5.75 Å². The Kier molecular flexibility index (Phi) is 9.65. The SMILES string of the molecule is CCCCCOc1ccc(C(=O)NC(=S)NNC(=O)CCc2ccccc2)cc1. The maximum Gasteiger partial charge on any atom is 0.257 e. The highest BCUT2D eigenvalue weighted by Crippen LogP contribution is 2.13. The van der Waals surface area contributed by atoms with Crippen LogP contribution in [-0.2, 0) is 11.2 Å². The van der Waals surface area contributed by atoms with Gasteiger partial charge in [0.15, 0.2) is 5.11 Å². The molecule has 0 atom stereocenters. The summed E-state index contributed by atoms with van der Waals surface area (Å²) >= 11 is 5.05. The monoisotopic (exact) mass is 413 g/mol. The predicted molar refractivity (Wildman–Crippen MR) is 118 cm³/mol. The lowest BCUT2D eigenvalue weighted by Gasteiger charge is -2.11. The van der Waals surface area contributed by atoms with Crippen molar-refractivity contribution in [1.29, 1.82) is 0 Å². The first-order valence-corrected chi connectivity index (χ1v) is 10.2. The predicted octanol–water partition coefficient (Wildman–Crippen LogP) is 3.52. The highest BCUT2D eigenvalue weighted by Gasteiger charge is 2.09. The highest BCUT2D eigenvalue weighted by molar-refractivity contribution is 7.80. The maximum atomic E-state index is 12.2. The van der Waals surface area contributed by atoms with Crippen LogP contribution in [0.5, 0.6) is 5.75 Å². The standard InChI is InChI=1S/C22H27N3O3S/c1-2-3-7-16-28-19-13-11-18(12-14-19)21(27)23-22(29)25-24-20(26)15-10-17-8-5-4-6-9-17/h4-6,8-9,11-14H,2-3,7,10,15-16H2,1H3,(H,24,26)(H2,23,25,27,29). The fourth-order valence-corrected chi connectivity index (χ4v) is 2.69. The molecule has 0 aliphatic rings. The molecule has 2 rings (SSSR count). The molecule has 2 aromatic carbocycles. The van der Waals surface area contributed by atoms with Gasteiger partial charge in [-0.1, -0.05) is 50.1 Å². The zero-order valence-electron chi connectivity index (χ0n) is 16.6. The van der Waals surface area contributed by atoms with E-state index in [1.807, 2.05) is 30.3 Å². The van der Waals surface area contributed by atoms with Gasteiger partial charge in [-0.25, -0.2) is 0 Å². The summed E-state index contributed by atoms with van der Waals surface area (Å²) in [6.07, 6.45) is 4.22. The number of hydrogen-bond donors (Lipinski definition) is 3. The van der Waals surface area contributed by atoms with Crippen LogP contribution in [0.1, 0.15) is 48.5 Å². The van der Waals surface area contributed by atoms with E-state index in [-0.39, 0.29) is 16.9 Å². The lowest BCUT2D eigenvalue weighted by Crippen LogP contribution is -2.48. The van der Waals surface area contributed by atoms with Gasteiger partial charge in [0.05, 0.1) is 6.61 Å². The first-order valence-electron chi connectivity index (χ1n) is 9.75. The summed E-state index contributed by atoms with van der Waals surface area (Å²) in [4.78, 5) is 24.1. The van der Waals surface area contributed by atoms with Crippen LogP contribution in [0.2, 0.25) is 0 Å². The lowest BCUT2D eigenvalue weighted by molar-refractivity contribution is -0.121. The van der Waals surface area contributed by atoms with Crippen LogP contribution < -0.4 is 20.9 Å². The first-order chi connectivity index (χ1) is 14.1. The fourth-order valence-electron chi connectivity index (χ4n) is 2.54. The minimum atomic E-state index is -0.362. The molecular weight excluding hydrogens is 386 g/mol. The van der Waals surface area contributed by atoms with Crippen LogP contribution in [0.4, 0.5) is 0 Å². The summed E-state index contributed by atoms with van der Waals surface area (Å²) in [7, 11) is 0. The minimum Gasteiger partial charge on any atom is -0.494 e. The summed E-state index contributed by atoms with van der Waals surface area (Å²) in [5.74, 6) is 0.151. The largest absolute Gasteiger partial charge is 0.494 e. The van der Waals surface area contributed by atoms with E-state index in [4.69, 9.17) is 17.0 Å². The van der Waals surface area contributed by atoms with E-state index in [1.54, 1.807) is 24.3 Å². The topological polar surface area (TPSA) is 79.5 Å². The van der Waals surface area contributed by atoms with Crippen LogP contribution in [0, 0.1) is 0 Å². The number of rotatable bonds is 9. The van der Waals surface area contributed by atoms with Gasteiger partial charge in [-0.2, -0.15) is 0 Å². The molecule has 154 valence electrons. The van der Waals surface area contributed by atoms with E-state index in [1.165, 1.54) is 0 Å². The van der Waals surface area contributed by atoms with Crippen LogP contribution in [-0.4, -0.2) is 23.5 Å². The molecule has 0 unspecified atom stereocenters. The third kappa shape index (κ3) is 8.74. The van der Waals surface area contributed by atoms with Crippen molar-refractivity contribution in [1.82, 2.24) is 16.2 Å². The molecule has 2 aromatic rings. The van der Waals surface area contributed by atoms with E-state index in [9.17, 15) is 9.59 Å². The molecule has 0 heterocycles. The zero-order chi connectivity index (χ0) is 20.9. The Labute approximate surface area is 177 Å². The number of hydrazine groups is 1. The molecular formula is C22H27N3O3S. The molecule has 2 amide bonds. The van der Waals surface area contributed by atoms with Gasteiger partial charge in [-0.3, -0.25) is 25.8 Å². The number of carbonyl (C=O) groups is 2. The molecule has 6 nitrogen and oxygen atoms in total. The van der Waals surface area contributed by atoms with Crippen LogP contribution in [0.3, 0.4) is 0 Å². The molecule has 0 saturated heterocycles. The molecule has 0 saturated carbocycles. The Morgan fingerprint density at radius 2 is 1.69 bits per heavy atom. The van der Waals surface area contributed by atoms with E-state index in [0.29, 0.717) is 25.0 Å². The Bertz CT molecular complexity index is 795. The van der Waals surface area contributed by atoms with Gasteiger partial charge in [-0.05, 0) is 54.9 Å². The summed E-state index contributed by atoms with van der Waals surface area (Å²) in [5.41, 5.74) is 6.56. The van der Waals surface area contributed by atoms with E-state index >= 15 is 0 Å². The summed E-state index contributed by atoms with van der Waals surface area (Å²) in [6, 6.07) is 16.6. The second-order valence-corrected chi connectivity index (χ2v) is 6.93. The molecule has 0 aliphatic heterocycles. The van der Waals surface area contributed by atoms with Crippen LogP contribution >= 0.6 is 12.2 Å². The van der Waals surface area contributed by atoms with Crippen molar-refractivity contribution in [3.05, 3.63) is 65.7 Å². The maximum absolute atomic E-state index is 12.2. The number of nitrogens with one attached hydrogen (secondary N) is 3. The quantitative estimate of drug-likeness (QED) is 0.333. The molecule has 7 heteroatoms. The van der Waals surface area contributed by atoms with Gasteiger partial charge in [0.25, 0.3) is 5.91 Å². The number of aryl methyl sites for hydroxylation is 1. The Hall–Kier alpha value is -2.93. The Morgan fingerprint density at radius 1 is 0.966 bits per heavy atom. The molecule has 0 spiro atoms. The molecule has 29 heavy (non-hydrogen) atoms. The van der Waals surface area contributed by atoms with Gasteiger partial charge < -0.3 is 4.74 Å². The molecule has 3 N–H and O–H groups in total. The zero-order valence-corrected chi connectivity index (χ0v) is 17.4. The average Bonchev–Trinajstić information content (AvgIpc) is 2.75. The number of carbonyl (C=O) groups excluding carboxylic acids is 2. The molecule has 0 aliphatic carbocycles. The van der Waals surface area contributed by atoms with Crippen molar-refractivity contribution in [2.75, 3.05) is 6.61 Å². The van der Waals surface area contributed by atoms with Crippen molar-refractivity contribution in [2.45, 2.75) is 39.0 Å². The fraction of sp³-hybridized carbons (Fsp3) is 0.318. The lowest BCUT2D eigenvalue weighted by atomic mass is 10.1. The molecule has 0 radical (unpaired) electrons. The minimum absolute atomic E-state index is 0.0305. The normalized spacial score (nSPS) is 10.1. The van der Waals surface area contributed by atoms with Crippen molar-refractivity contribution in [3.63, 3.8) is 0 Å². The Balaban J connectivity index is 1.68. The van der Waals surface area contributed by atoms with Gasteiger partial charge in [0.2, 0.25) is 5.91 Å². The van der Waals surface area contributed by atoms with Crippen LogP contribution in [0.25, 0.3) is 0 Å². The second kappa shape index (κ2) is 12.5. The molecule has 0 aromatic heterocycles. The highest BCUT2D eigenvalue weighted by atomic mass is 32.1. The van der Waals surface area contributed by atoms with E-state index in [0.717, 1.165) is 30.6 Å². The smallest absolute Gasteiger partial charge is 0.257 e. The van der Waals surface area contributed by atoms with Gasteiger partial charge in [-0.15, -0.1) is 0 Å². The van der Waals surface area contributed by atoms with E-state index < -0.39 is 0 Å². The van der Waals surface area contributed by atoms with Crippen molar-refractivity contribution in [3.8, 4) is 5.75 Å². The summed E-state index contributed by atoms with van der Waals surface area (Å²) in [5, 5.41) is 2.56.